The molecule has 8 nitrogen and oxygen atoms in total. The van der Waals surface area contributed by atoms with Crippen LogP contribution in [0.2, 0.25) is 0 Å². The van der Waals surface area contributed by atoms with E-state index >= 15 is 0 Å². The molecule has 0 bridgehead atoms. The second-order valence-electron chi connectivity index (χ2n) is 53.7. The van der Waals surface area contributed by atoms with E-state index in [1.54, 1.807) is 11.1 Å². The van der Waals surface area contributed by atoms with Gasteiger partial charge in [0.2, 0.25) is 0 Å². The van der Waals surface area contributed by atoms with Crippen molar-refractivity contribution in [1.29, 1.82) is 0 Å². The summed E-state index contributed by atoms with van der Waals surface area (Å²) in [4.78, 5) is 19.1. The van der Waals surface area contributed by atoms with Crippen LogP contribution < -0.4 is 0 Å². The molecule has 0 amide bonds. The van der Waals surface area contributed by atoms with Crippen LogP contribution in [0, 0.1) is 132 Å². The molecule has 0 aliphatic heterocycles. The van der Waals surface area contributed by atoms with Crippen LogP contribution in [0.4, 0.5) is 0 Å². The summed E-state index contributed by atoms with van der Waals surface area (Å²) in [6.07, 6.45) is 3.53. The monoisotopic (exact) mass is 1710 g/mol. The Balaban J connectivity index is 0.00000140. The fourth-order valence-corrected chi connectivity index (χ4v) is 18.8. The third-order valence-electron chi connectivity index (χ3n) is 24.6. The topological polar surface area (TPSA) is 71.3 Å². The molecule has 0 N–H and O–H groups in total. The Labute approximate surface area is 772 Å². The number of allylic oxidation sites excluding steroid dienone is 7. The van der Waals surface area contributed by atoms with Gasteiger partial charge < -0.3 is 18.3 Å². The molecule has 0 saturated carbocycles. The van der Waals surface area contributed by atoms with E-state index in [0.717, 1.165) is 23.6 Å². The van der Waals surface area contributed by atoms with Crippen molar-refractivity contribution >= 4 is 0 Å². The molecule has 0 saturated heterocycles. The van der Waals surface area contributed by atoms with Crippen molar-refractivity contribution in [2.75, 3.05) is 0 Å². The van der Waals surface area contributed by atoms with Gasteiger partial charge in [-0.05, 0) is 320 Å². The first-order chi connectivity index (χ1) is 54.1. The number of rotatable bonds is 1. The molecule has 0 aromatic carbocycles. The average molecular weight is 1710 g/mol. The van der Waals surface area contributed by atoms with Crippen LogP contribution in [0.5, 0.6) is 0 Å². The normalized spacial score (nSPS) is 14.1. The van der Waals surface area contributed by atoms with E-state index in [9.17, 15) is 0 Å². The highest BCUT2D eigenvalue weighted by atomic mass is 15.2. The maximum atomic E-state index is 4.87. The van der Waals surface area contributed by atoms with Crippen molar-refractivity contribution in [2.45, 2.75) is 536 Å². The molecule has 0 fully saturated rings. The Hall–Kier alpha value is -5.76. The molecule has 0 radical (unpaired) electrons. The Bertz CT molecular complexity index is 4380. The van der Waals surface area contributed by atoms with E-state index in [0.29, 0.717) is 10.8 Å². The minimum atomic E-state index is 0.103. The summed E-state index contributed by atoms with van der Waals surface area (Å²) in [7, 11) is 0. The van der Waals surface area contributed by atoms with E-state index < -0.39 is 0 Å². The molecule has 1 aliphatic carbocycles. The first kappa shape index (κ1) is 118. The number of nitrogens with zero attached hydrogens (tertiary/aromatic N) is 8. The van der Waals surface area contributed by atoms with Crippen molar-refractivity contribution in [2.24, 2.45) is 21.7 Å². The first-order valence-corrected chi connectivity index (χ1v) is 47.4. The van der Waals surface area contributed by atoms with Gasteiger partial charge >= 0.3 is 0 Å². The molecule has 8 heteroatoms. The second-order valence-corrected chi connectivity index (χ2v) is 53.7. The van der Waals surface area contributed by atoms with Crippen molar-refractivity contribution in [3.8, 4) is 0 Å². The molecule has 0 spiro atoms. The average Bonchev–Trinajstić information content (AvgIpc) is 1.18. The molecule has 7 rings (SSSR count). The zero-order chi connectivity index (χ0) is 99.9. The van der Waals surface area contributed by atoms with Gasteiger partial charge in [0.1, 0.15) is 11.6 Å². The van der Waals surface area contributed by atoms with Gasteiger partial charge in [-0.1, -0.05) is 284 Å². The highest BCUT2D eigenvalue weighted by Crippen LogP contribution is 2.48. The van der Waals surface area contributed by atoms with E-state index in [4.69, 9.17) is 15.0 Å². The lowest BCUT2D eigenvalue weighted by Gasteiger charge is -2.32. The first-order valence-electron chi connectivity index (χ1n) is 47.4. The highest BCUT2D eigenvalue weighted by Gasteiger charge is 2.38. The lowest BCUT2D eigenvalue weighted by molar-refractivity contribution is 0.348. The third-order valence-corrected chi connectivity index (χ3v) is 24.6. The maximum Gasteiger partial charge on any atom is 0.115 e. The molecule has 1 aliphatic rings. The zero-order valence-corrected chi connectivity index (χ0v) is 95.6. The lowest BCUT2D eigenvalue weighted by Crippen LogP contribution is -2.30. The van der Waals surface area contributed by atoms with Crippen molar-refractivity contribution in [1.82, 2.24) is 38.2 Å². The van der Waals surface area contributed by atoms with Crippen LogP contribution >= 0.6 is 0 Å². The molecule has 124 heavy (non-hydrogen) atoms. The Morgan fingerprint density at radius 1 is 0.274 bits per heavy atom. The summed E-state index contributed by atoms with van der Waals surface area (Å²) in [6.45, 7) is 155. The summed E-state index contributed by atoms with van der Waals surface area (Å²) >= 11 is 0. The molecular weight excluding hydrogens is 1510 g/mol. The van der Waals surface area contributed by atoms with Gasteiger partial charge in [-0.2, -0.15) is 0 Å². The van der Waals surface area contributed by atoms with Crippen LogP contribution in [-0.4, -0.2) is 38.2 Å². The van der Waals surface area contributed by atoms with Gasteiger partial charge in [0, 0.05) is 112 Å². The highest BCUT2D eigenvalue weighted by molar-refractivity contribution is 5.49. The Morgan fingerprint density at radius 3 is 0.766 bits per heavy atom. The van der Waals surface area contributed by atoms with Gasteiger partial charge in [0.05, 0.1) is 11.4 Å². The SMILES string of the molecule is C=C(C)/C(=C(\C)C(C)(C)C)C(C)(C)C.CC1=CCC(C(C)(C)C)=C1C(C)(C)C.Cc1c(C)c(C(C)(C)C)n(C(C)(C)C)c1C.Cc1c(C)c(C(C)(C)C)n(C(C)(C)C)c1C.Cc1nc(C(C)(C)C)c(C(C)(C)C)c(C)c1C.Cc1nc(C(C)(C)C)c(C(C)(C)C)c(C)c1C.Cc1nc(C(C)(C)C)n(C(C)(C)C)c1C.Cc1nc(C)n(C(C)(C)C)c1C(C)(C)C. The second kappa shape index (κ2) is 40.3. The number of hydrogen-bond donors (Lipinski definition) is 0. The van der Waals surface area contributed by atoms with Crippen molar-refractivity contribution in [3.05, 3.63) is 182 Å². The van der Waals surface area contributed by atoms with Crippen LogP contribution in [0.25, 0.3) is 0 Å². The predicted octanol–water partition coefficient (Wildman–Crippen LogP) is 34.9. The van der Waals surface area contributed by atoms with Gasteiger partial charge in [0.15, 0.2) is 0 Å². The standard InChI is InChI=1S/2C16H27N.2C15H27N.C14H24.C14H26.2C13H24N2/c2*1-10-11(2)13(15(4,5)6)14(16(7,8)9)17-12(10)3;2*1-10-11(2)13(14(4,5)6)16(12(10)3)15(7,8)9;1-10-8-9-11(13(2,3)4)12(10)14(5,6)7;1-10(2)12(14(7,8)9)11(3)13(4,5)6;1-9-11(12(3,4)5)15(10(2)14-9)13(6,7)8;1-9-10(2)15(13(6,7)8)11(14-9)12(3,4)5/h2*1-9H3;2*1-9H3;8H,9H2,1-7H3;1H2,2-9H3;2*1-8H3/b;;;;;12-11-;;. The van der Waals surface area contributed by atoms with Crippen LogP contribution in [-0.2, 0) is 65.5 Å². The summed E-state index contributed by atoms with van der Waals surface area (Å²) in [5.74, 6) is 2.30. The fraction of sp³-hybridized carbons (Fsp3) is 0.724. The smallest absolute Gasteiger partial charge is 0.115 e. The number of imidazole rings is 2. The fourth-order valence-electron chi connectivity index (χ4n) is 18.8. The van der Waals surface area contributed by atoms with Gasteiger partial charge in [-0.25, -0.2) is 9.97 Å². The number of pyridine rings is 2. The van der Waals surface area contributed by atoms with Crippen molar-refractivity contribution in [3.63, 3.8) is 0 Å². The largest absolute Gasteiger partial charge is 0.343 e. The number of aromatic nitrogens is 8. The van der Waals surface area contributed by atoms with Gasteiger partial charge in [0.25, 0.3) is 0 Å². The quantitative estimate of drug-likeness (QED) is 0.154. The number of aryl methyl sites for hydroxylation is 5. The summed E-state index contributed by atoms with van der Waals surface area (Å²) in [5, 5.41) is 0. The minimum absolute atomic E-state index is 0.103. The molecule has 0 atom stereocenters. The Kier molecular flexibility index (Phi) is 38.4. The summed E-state index contributed by atoms with van der Waals surface area (Å²) in [5.41, 5.74) is 41.3. The summed E-state index contributed by atoms with van der Waals surface area (Å²) in [6, 6.07) is 0. The zero-order valence-electron chi connectivity index (χ0n) is 95.6. The molecule has 6 aromatic rings. The van der Waals surface area contributed by atoms with E-state index in [1.807, 2.05) is 0 Å². The maximum absolute atomic E-state index is 4.87. The van der Waals surface area contributed by atoms with Crippen LogP contribution in [0.15, 0.2) is 46.1 Å². The van der Waals surface area contributed by atoms with Gasteiger partial charge in [-0.3, -0.25) is 9.97 Å². The predicted molar refractivity (Wildman–Crippen MR) is 558 cm³/mol. The lowest BCUT2D eigenvalue weighted by atomic mass is 9.73. The minimum Gasteiger partial charge on any atom is -0.343 e. The van der Waals surface area contributed by atoms with E-state index in [2.05, 4.69) is 500 Å². The van der Waals surface area contributed by atoms with E-state index in [1.165, 1.54) is 141 Å². The Morgan fingerprint density at radius 2 is 0.581 bits per heavy atom. The van der Waals surface area contributed by atoms with E-state index in [-0.39, 0.29) is 76.3 Å². The molecular formula is C116H206N8. The third kappa shape index (κ3) is 31.0. The number of hydrogen-bond acceptors (Lipinski definition) is 4. The molecule has 710 valence electrons. The van der Waals surface area contributed by atoms with Gasteiger partial charge in [-0.15, -0.1) is 0 Å². The van der Waals surface area contributed by atoms with Crippen LogP contribution in [0.1, 0.15) is 495 Å². The molecule has 6 aromatic heterocycles. The van der Waals surface area contributed by atoms with Crippen LogP contribution in [0.3, 0.4) is 0 Å². The van der Waals surface area contributed by atoms with Crippen molar-refractivity contribution < 1.29 is 0 Å². The molecule has 0 unspecified atom stereocenters. The summed E-state index contributed by atoms with van der Waals surface area (Å²) < 4.78 is 9.75. The molecule has 6 heterocycles.